The van der Waals surface area contributed by atoms with Gasteiger partial charge in [0.25, 0.3) is 5.91 Å². The van der Waals surface area contributed by atoms with E-state index >= 15 is 0 Å². The summed E-state index contributed by atoms with van der Waals surface area (Å²) in [7, 11) is 0. The molecule has 0 aromatic heterocycles. The van der Waals surface area contributed by atoms with Gasteiger partial charge in [-0.15, -0.1) is 6.42 Å². The van der Waals surface area contributed by atoms with E-state index in [1.165, 1.54) is 6.08 Å². The minimum Gasteiger partial charge on any atom is -0.494 e. The fourth-order valence-electron chi connectivity index (χ4n) is 2.26. The first-order valence-corrected chi connectivity index (χ1v) is 9.78. The molecule has 28 heavy (non-hydrogen) atoms. The lowest BCUT2D eigenvalue weighted by atomic mass is 10.1. The maximum Gasteiger partial charge on any atom is 0.266 e. The predicted molar refractivity (Wildman–Crippen MR) is 116 cm³/mol. The van der Waals surface area contributed by atoms with Crippen LogP contribution in [0.4, 0.5) is 5.69 Å². The number of rotatable bonds is 7. The fraction of sp³-hybridized carbons (Fsp3) is 0.143. The van der Waals surface area contributed by atoms with E-state index in [1.54, 1.807) is 36.4 Å². The smallest absolute Gasteiger partial charge is 0.266 e. The number of carbonyl (C=O) groups is 1. The molecule has 0 unspecified atom stereocenters. The summed E-state index contributed by atoms with van der Waals surface area (Å²) in [4.78, 5) is 12.5. The van der Waals surface area contributed by atoms with E-state index in [4.69, 9.17) is 15.9 Å². The predicted octanol–water partition coefficient (Wildman–Crippen LogP) is 5.17. The zero-order valence-electron chi connectivity index (χ0n) is 15.0. The number of benzene rings is 2. The van der Waals surface area contributed by atoms with Crippen molar-refractivity contribution < 1.29 is 14.3 Å². The van der Waals surface area contributed by atoms with Crippen LogP contribution in [0.3, 0.4) is 0 Å². The molecule has 7 heteroatoms. The number of terminal acetylenes is 1. The lowest BCUT2D eigenvalue weighted by Crippen LogP contribution is -2.13. The van der Waals surface area contributed by atoms with Crippen molar-refractivity contribution in [3.63, 3.8) is 0 Å². The van der Waals surface area contributed by atoms with Crippen molar-refractivity contribution in [2.24, 2.45) is 0 Å². The molecule has 1 amide bonds. The van der Waals surface area contributed by atoms with Crippen LogP contribution in [0.25, 0.3) is 6.08 Å². The summed E-state index contributed by atoms with van der Waals surface area (Å²) >= 11 is 6.81. The van der Waals surface area contributed by atoms with E-state index in [0.717, 1.165) is 0 Å². The summed E-state index contributed by atoms with van der Waals surface area (Å²) in [5.74, 6) is 3.06. The average Bonchev–Trinajstić information content (AvgIpc) is 2.66. The third kappa shape index (κ3) is 5.88. The Labute approximate surface area is 180 Å². The highest BCUT2D eigenvalue weighted by Crippen LogP contribution is 2.35. The maximum atomic E-state index is 12.5. The topological polar surface area (TPSA) is 71.3 Å². The van der Waals surface area contributed by atoms with Gasteiger partial charge in [0.15, 0.2) is 0 Å². The highest BCUT2D eigenvalue weighted by atomic mass is 79.9. The Bertz CT molecular complexity index is 965. The molecular weight excluding hydrogens is 488 g/mol. The first kappa shape index (κ1) is 21.6. The summed E-state index contributed by atoms with van der Waals surface area (Å²) in [6.07, 6.45) is 6.70. The molecule has 0 bridgehead atoms. The third-order valence-corrected chi connectivity index (χ3v) is 4.58. The van der Waals surface area contributed by atoms with Crippen molar-refractivity contribution in [3.05, 3.63) is 56.5 Å². The summed E-state index contributed by atoms with van der Waals surface area (Å²) < 4.78 is 12.2. The van der Waals surface area contributed by atoms with Crippen molar-refractivity contribution >= 4 is 49.5 Å². The number of carbonyl (C=O) groups excluding carboxylic acids is 1. The van der Waals surface area contributed by atoms with Gasteiger partial charge < -0.3 is 14.8 Å². The lowest BCUT2D eigenvalue weighted by Gasteiger charge is -2.10. The highest BCUT2D eigenvalue weighted by Gasteiger charge is 2.13. The van der Waals surface area contributed by atoms with Crippen LogP contribution in [0, 0.1) is 23.7 Å². The van der Waals surface area contributed by atoms with Crippen LogP contribution in [0.2, 0.25) is 0 Å². The lowest BCUT2D eigenvalue weighted by molar-refractivity contribution is -0.112. The molecule has 0 fully saturated rings. The summed E-state index contributed by atoms with van der Waals surface area (Å²) in [5, 5.41) is 12.1. The summed E-state index contributed by atoms with van der Waals surface area (Å²) in [6.45, 7) is 2.52. The molecule has 0 radical (unpaired) electrons. The zero-order valence-corrected chi connectivity index (χ0v) is 18.1. The van der Waals surface area contributed by atoms with Gasteiger partial charge in [-0.05, 0) is 74.7 Å². The van der Waals surface area contributed by atoms with Gasteiger partial charge in [0.2, 0.25) is 0 Å². The highest BCUT2D eigenvalue weighted by molar-refractivity contribution is 9.11. The van der Waals surface area contributed by atoms with E-state index in [-0.39, 0.29) is 12.2 Å². The second-order valence-corrected chi connectivity index (χ2v) is 7.10. The van der Waals surface area contributed by atoms with E-state index in [2.05, 4.69) is 43.1 Å². The number of nitrogens with one attached hydrogen (secondary N) is 1. The number of anilines is 1. The molecule has 0 aliphatic heterocycles. The Morgan fingerprint density at radius 1 is 1.25 bits per heavy atom. The first-order chi connectivity index (χ1) is 13.5. The normalized spacial score (nSPS) is 10.5. The van der Waals surface area contributed by atoms with Crippen LogP contribution >= 0.6 is 31.9 Å². The molecule has 142 valence electrons. The van der Waals surface area contributed by atoms with Gasteiger partial charge in [-0.25, -0.2) is 0 Å². The first-order valence-electron chi connectivity index (χ1n) is 8.19. The second kappa shape index (κ2) is 10.6. The van der Waals surface area contributed by atoms with E-state index in [9.17, 15) is 10.1 Å². The number of nitriles is 1. The summed E-state index contributed by atoms with van der Waals surface area (Å²) in [6, 6.07) is 12.4. The molecule has 0 aliphatic rings. The van der Waals surface area contributed by atoms with E-state index in [1.807, 2.05) is 13.0 Å². The molecular formula is C21H16Br2N2O3. The van der Waals surface area contributed by atoms with Crippen molar-refractivity contribution in [1.29, 1.82) is 5.26 Å². The molecule has 0 saturated carbocycles. The molecule has 2 rings (SSSR count). The van der Waals surface area contributed by atoms with Gasteiger partial charge in [0.1, 0.15) is 29.7 Å². The van der Waals surface area contributed by atoms with Crippen LogP contribution in [0.1, 0.15) is 12.5 Å². The SMILES string of the molecule is C#CCOc1c(Br)cc(/C=C(/C#N)C(=O)Nc2cccc(OCC)c2)cc1Br. The van der Waals surface area contributed by atoms with Crippen molar-refractivity contribution in [1.82, 2.24) is 0 Å². The number of amides is 1. The summed E-state index contributed by atoms with van der Waals surface area (Å²) in [5.41, 5.74) is 1.14. The maximum absolute atomic E-state index is 12.5. The molecule has 0 saturated heterocycles. The molecule has 0 aliphatic carbocycles. The Hall–Kier alpha value is -2.74. The van der Waals surface area contributed by atoms with Crippen molar-refractivity contribution in [2.75, 3.05) is 18.5 Å². The van der Waals surface area contributed by atoms with Gasteiger partial charge in [0.05, 0.1) is 15.6 Å². The zero-order chi connectivity index (χ0) is 20.5. The minimum atomic E-state index is -0.518. The number of ether oxygens (including phenoxy) is 2. The van der Waals surface area contributed by atoms with Gasteiger partial charge >= 0.3 is 0 Å². The molecule has 1 N–H and O–H groups in total. The van der Waals surface area contributed by atoms with E-state index < -0.39 is 5.91 Å². The van der Waals surface area contributed by atoms with Crippen LogP contribution in [-0.2, 0) is 4.79 Å². The monoisotopic (exact) mass is 502 g/mol. The molecule has 5 nitrogen and oxygen atoms in total. The molecule has 0 atom stereocenters. The minimum absolute atomic E-state index is 0.0436. The van der Waals surface area contributed by atoms with Crippen LogP contribution in [0.5, 0.6) is 11.5 Å². The van der Waals surface area contributed by atoms with Crippen LogP contribution in [0.15, 0.2) is 50.9 Å². The number of halogens is 2. The van der Waals surface area contributed by atoms with Gasteiger partial charge in [-0.3, -0.25) is 4.79 Å². The number of hydrogen-bond donors (Lipinski definition) is 1. The van der Waals surface area contributed by atoms with Gasteiger partial charge in [0, 0.05) is 11.8 Å². The molecule has 2 aromatic rings. The molecule has 0 spiro atoms. The fourth-order valence-corrected chi connectivity index (χ4v) is 3.71. The largest absolute Gasteiger partial charge is 0.494 e. The third-order valence-electron chi connectivity index (χ3n) is 3.40. The molecule has 0 heterocycles. The quantitative estimate of drug-likeness (QED) is 0.321. The Kier molecular flexibility index (Phi) is 8.13. The van der Waals surface area contributed by atoms with Crippen molar-refractivity contribution in [3.8, 4) is 29.9 Å². The van der Waals surface area contributed by atoms with Crippen LogP contribution < -0.4 is 14.8 Å². The van der Waals surface area contributed by atoms with E-state index in [0.29, 0.717) is 38.3 Å². The van der Waals surface area contributed by atoms with Crippen molar-refractivity contribution in [2.45, 2.75) is 6.92 Å². The standard InChI is InChI=1S/C21H16Br2N2O3/c1-3-8-28-20-18(22)10-14(11-19(20)23)9-15(13-24)21(26)25-16-6-5-7-17(12-16)27-4-2/h1,5-7,9-12H,4,8H2,2H3,(H,25,26)/b15-9-. The Morgan fingerprint density at radius 3 is 2.57 bits per heavy atom. The number of nitrogens with zero attached hydrogens (tertiary/aromatic N) is 1. The molecule has 2 aromatic carbocycles. The second-order valence-electron chi connectivity index (χ2n) is 5.39. The average molecular weight is 504 g/mol. The van der Waals surface area contributed by atoms with Gasteiger partial charge in [-0.2, -0.15) is 5.26 Å². The number of hydrogen-bond acceptors (Lipinski definition) is 4. The van der Waals surface area contributed by atoms with Gasteiger partial charge in [-0.1, -0.05) is 12.0 Å². The van der Waals surface area contributed by atoms with Crippen LogP contribution in [-0.4, -0.2) is 19.1 Å². The Balaban J connectivity index is 2.23. The Morgan fingerprint density at radius 2 is 1.96 bits per heavy atom.